The zero-order valence-corrected chi connectivity index (χ0v) is 18.5. The van der Waals surface area contributed by atoms with Gasteiger partial charge < -0.3 is 15.4 Å². The molecule has 0 aliphatic carbocycles. The lowest BCUT2D eigenvalue weighted by molar-refractivity contribution is -0.113. The number of carbonyl (C=O) groups is 1. The minimum absolute atomic E-state index is 0.116. The molecule has 0 aromatic heterocycles. The quantitative estimate of drug-likeness (QED) is 0.562. The van der Waals surface area contributed by atoms with Gasteiger partial charge in [0.2, 0.25) is 0 Å². The second kappa shape index (κ2) is 8.51. The van der Waals surface area contributed by atoms with Crippen LogP contribution in [0.4, 0.5) is 0 Å². The van der Waals surface area contributed by atoms with Gasteiger partial charge >= 0.3 is 0 Å². The van der Waals surface area contributed by atoms with E-state index in [0.717, 1.165) is 46.3 Å². The van der Waals surface area contributed by atoms with Crippen LogP contribution in [-0.2, 0) is 4.79 Å². The third-order valence-electron chi connectivity index (χ3n) is 4.62. The summed E-state index contributed by atoms with van der Waals surface area (Å²) >= 11 is 8.65. The van der Waals surface area contributed by atoms with Crippen LogP contribution in [0.15, 0.2) is 49.5 Å². The van der Waals surface area contributed by atoms with Crippen molar-refractivity contribution in [2.75, 3.05) is 19.7 Å². The number of ether oxygens (including phenoxy) is 1. The van der Waals surface area contributed by atoms with Crippen LogP contribution in [0.3, 0.4) is 0 Å². The summed E-state index contributed by atoms with van der Waals surface area (Å²) in [6, 6.07) is 4.40. The van der Waals surface area contributed by atoms with Crippen LogP contribution in [0.5, 0.6) is 5.75 Å². The highest BCUT2D eigenvalue weighted by atomic mass is 79.9. The van der Waals surface area contributed by atoms with Crippen LogP contribution in [0.25, 0.3) is 0 Å². The van der Waals surface area contributed by atoms with Crippen LogP contribution in [-0.4, -0.2) is 36.4 Å². The van der Waals surface area contributed by atoms with Crippen molar-refractivity contribution in [1.29, 1.82) is 0 Å². The van der Waals surface area contributed by atoms with Gasteiger partial charge in [-0.15, -0.1) is 11.8 Å². The maximum Gasteiger partial charge on any atom is 0.178 e. The molecule has 2 N–H and O–H groups in total. The van der Waals surface area contributed by atoms with E-state index in [0.29, 0.717) is 12.4 Å². The van der Waals surface area contributed by atoms with Gasteiger partial charge in [0.1, 0.15) is 16.8 Å². The average molecular weight is 513 g/mol. The van der Waals surface area contributed by atoms with Crippen molar-refractivity contribution in [2.45, 2.75) is 24.1 Å². The SMILES string of the molecule is O=C1C=C(NCCCN[C@@H]2CCOc3c(Br)cc(Br)cc32)N=C2C=CSC12. The minimum atomic E-state index is -0.135. The van der Waals surface area contributed by atoms with Crippen molar-refractivity contribution in [3.05, 3.63) is 50.0 Å². The number of benzene rings is 1. The number of halogens is 2. The fraction of sp³-hybridized carbons (Fsp3) is 0.368. The first-order chi connectivity index (χ1) is 13.1. The molecule has 2 atom stereocenters. The number of fused-ring (bicyclic) bond motifs is 2. The fourth-order valence-corrected chi connectivity index (χ4v) is 5.57. The zero-order chi connectivity index (χ0) is 18.8. The second-order valence-electron chi connectivity index (χ2n) is 6.52. The van der Waals surface area contributed by atoms with Crippen molar-refractivity contribution >= 4 is 55.1 Å². The van der Waals surface area contributed by atoms with E-state index in [1.807, 2.05) is 17.6 Å². The van der Waals surface area contributed by atoms with Crippen LogP contribution in [0.1, 0.15) is 24.4 Å². The second-order valence-corrected chi connectivity index (χ2v) is 9.30. The Bertz CT molecular complexity index is 854. The summed E-state index contributed by atoms with van der Waals surface area (Å²) < 4.78 is 7.83. The Kier molecular flexibility index (Phi) is 6.06. The Hall–Kier alpha value is -1.09. The molecule has 8 heteroatoms. The highest BCUT2D eigenvalue weighted by Gasteiger charge is 2.28. The molecule has 142 valence electrons. The van der Waals surface area contributed by atoms with Gasteiger partial charge in [-0.05, 0) is 52.5 Å². The zero-order valence-electron chi connectivity index (χ0n) is 14.5. The van der Waals surface area contributed by atoms with E-state index in [-0.39, 0.29) is 17.1 Å². The maximum absolute atomic E-state index is 12.1. The molecule has 0 saturated carbocycles. The number of hydrogen-bond donors (Lipinski definition) is 2. The molecule has 0 spiro atoms. The molecule has 5 nitrogen and oxygen atoms in total. The maximum atomic E-state index is 12.1. The Morgan fingerprint density at radius 3 is 3.07 bits per heavy atom. The molecule has 0 fully saturated rings. The summed E-state index contributed by atoms with van der Waals surface area (Å²) in [5.74, 6) is 1.71. The van der Waals surface area contributed by atoms with E-state index in [2.05, 4.69) is 53.6 Å². The summed E-state index contributed by atoms with van der Waals surface area (Å²) in [4.78, 5) is 16.6. The lowest BCUT2D eigenvalue weighted by atomic mass is 10.0. The molecule has 27 heavy (non-hydrogen) atoms. The number of nitrogens with zero attached hydrogens (tertiary/aromatic N) is 1. The van der Waals surface area contributed by atoms with Crippen LogP contribution < -0.4 is 15.4 Å². The molecule has 1 aromatic rings. The number of nitrogens with one attached hydrogen (secondary N) is 2. The van der Waals surface area contributed by atoms with Gasteiger partial charge in [-0.25, -0.2) is 4.99 Å². The normalized spacial score (nSPS) is 23.3. The van der Waals surface area contributed by atoms with Gasteiger partial charge in [0.15, 0.2) is 5.78 Å². The lowest BCUT2D eigenvalue weighted by Crippen LogP contribution is -2.31. The highest BCUT2D eigenvalue weighted by Crippen LogP contribution is 2.40. The van der Waals surface area contributed by atoms with E-state index >= 15 is 0 Å². The van der Waals surface area contributed by atoms with Gasteiger partial charge in [-0.3, -0.25) is 4.79 Å². The molecule has 0 amide bonds. The van der Waals surface area contributed by atoms with E-state index < -0.39 is 0 Å². The van der Waals surface area contributed by atoms with E-state index in [9.17, 15) is 4.79 Å². The van der Waals surface area contributed by atoms with Crippen LogP contribution in [0.2, 0.25) is 0 Å². The molecular weight excluding hydrogens is 494 g/mol. The standard InChI is InChI=1S/C19H19Br2N3O2S/c20-11-8-12-14(2-6-26-18(12)13(21)9-11)22-4-1-5-23-17-10-16(25)19-15(24-17)3-7-27-19/h3,7-10,14,19,22-23H,1-2,4-6H2/t14-,19?/m1/s1. The van der Waals surface area contributed by atoms with Crippen LogP contribution in [0, 0.1) is 0 Å². The molecule has 3 aliphatic heterocycles. The molecule has 0 radical (unpaired) electrons. The average Bonchev–Trinajstić information content (AvgIpc) is 3.11. The first-order valence-electron chi connectivity index (χ1n) is 8.87. The Morgan fingerprint density at radius 1 is 1.30 bits per heavy atom. The monoisotopic (exact) mass is 511 g/mol. The van der Waals surface area contributed by atoms with Crippen molar-refractivity contribution < 1.29 is 9.53 Å². The third kappa shape index (κ3) is 4.34. The Morgan fingerprint density at radius 2 is 2.19 bits per heavy atom. The predicted molar refractivity (Wildman–Crippen MR) is 116 cm³/mol. The fourth-order valence-electron chi connectivity index (χ4n) is 3.34. The lowest BCUT2D eigenvalue weighted by Gasteiger charge is -2.28. The Balaban J connectivity index is 1.27. The highest BCUT2D eigenvalue weighted by molar-refractivity contribution is 9.11. The summed E-state index contributed by atoms with van der Waals surface area (Å²) in [7, 11) is 0. The van der Waals surface area contributed by atoms with E-state index in [4.69, 9.17) is 4.74 Å². The number of carbonyl (C=O) groups excluding carboxylic acids is 1. The molecular formula is C19H19Br2N3O2S. The molecule has 3 heterocycles. The largest absolute Gasteiger partial charge is 0.492 e. The first-order valence-corrected chi connectivity index (χ1v) is 11.4. The number of ketones is 1. The van der Waals surface area contributed by atoms with Gasteiger partial charge in [0.25, 0.3) is 0 Å². The summed E-state index contributed by atoms with van der Waals surface area (Å²) in [5, 5.41) is 8.69. The Labute approximate surface area is 179 Å². The van der Waals surface area contributed by atoms with Gasteiger partial charge in [0.05, 0.1) is 16.8 Å². The molecule has 0 bridgehead atoms. The van der Waals surface area contributed by atoms with E-state index in [1.165, 1.54) is 17.3 Å². The number of allylic oxidation sites excluding steroid dienone is 2. The smallest absolute Gasteiger partial charge is 0.178 e. The summed E-state index contributed by atoms with van der Waals surface area (Å²) in [6.45, 7) is 2.35. The van der Waals surface area contributed by atoms with Crippen molar-refractivity contribution in [3.8, 4) is 5.75 Å². The molecule has 0 saturated heterocycles. The van der Waals surface area contributed by atoms with Gasteiger partial charge in [-0.1, -0.05) is 15.9 Å². The molecule has 3 aliphatic rings. The predicted octanol–water partition coefficient (Wildman–Crippen LogP) is 4.10. The number of aliphatic imine (C=N–C) groups is 1. The molecule has 4 rings (SSSR count). The van der Waals surface area contributed by atoms with Gasteiger partial charge in [-0.2, -0.15) is 0 Å². The first kappa shape index (κ1) is 19.2. The van der Waals surface area contributed by atoms with Crippen molar-refractivity contribution in [2.24, 2.45) is 4.99 Å². The molecule has 1 unspecified atom stereocenters. The van der Waals surface area contributed by atoms with E-state index in [1.54, 1.807) is 6.08 Å². The van der Waals surface area contributed by atoms with Crippen molar-refractivity contribution in [1.82, 2.24) is 10.6 Å². The van der Waals surface area contributed by atoms with Crippen LogP contribution >= 0.6 is 43.6 Å². The van der Waals surface area contributed by atoms with Crippen molar-refractivity contribution in [3.63, 3.8) is 0 Å². The minimum Gasteiger partial charge on any atom is -0.492 e. The summed E-state index contributed by atoms with van der Waals surface area (Å²) in [5.41, 5.74) is 2.03. The van der Waals surface area contributed by atoms with Gasteiger partial charge in [0, 0.05) is 35.1 Å². The number of thioether (sulfide) groups is 1. The summed E-state index contributed by atoms with van der Waals surface area (Å²) in [6.07, 6.45) is 5.42. The number of rotatable bonds is 6. The number of hydrogen-bond acceptors (Lipinski definition) is 6. The topological polar surface area (TPSA) is 62.7 Å². The molecule has 1 aromatic carbocycles. The third-order valence-corrected chi connectivity index (χ3v) is 6.71.